The van der Waals surface area contributed by atoms with E-state index in [2.05, 4.69) is 31.4 Å². The fourth-order valence-electron chi connectivity index (χ4n) is 3.70. The van der Waals surface area contributed by atoms with E-state index in [0.29, 0.717) is 17.9 Å². The molecular formula is C25H35N3O4. The van der Waals surface area contributed by atoms with Crippen molar-refractivity contribution < 1.29 is 18.8 Å². The van der Waals surface area contributed by atoms with Crippen molar-refractivity contribution in [3.8, 4) is 0 Å². The monoisotopic (exact) mass is 441 g/mol. The molecule has 32 heavy (non-hydrogen) atoms. The summed E-state index contributed by atoms with van der Waals surface area (Å²) in [5.74, 6) is -0.0477. The number of nitrogens with one attached hydrogen (secondary N) is 2. The van der Waals surface area contributed by atoms with Gasteiger partial charge in [0.25, 0.3) is 0 Å². The average Bonchev–Trinajstić information content (AvgIpc) is 3.17. The van der Waals surface area contributed by atoms with Crippen LogP contribution in [-0.4, -0.2) is 35.7 Å². The third kappa shape index (κ3) is 9.37. The number of furan rings is 1. The minimum Gasteiger partial charge on any atom is -0.467 e. The number of benzene rings is 1. The fraction of sp³-hybridized carbons (Fsp3) is 0.480. The first kappa shape index (κ1) is 25.2. The van der Waals surface area contributed by atoms with Crippen molar-refractivity contribution >= 4 is 23.4 Å². The minimum atomic E-state index is -0.396. The van der Waals surface area contributed by atoms with Crippen LogP contribution in [0.2, 0.25) is 0 Å². The summed E-state index contributed by atoms with van der Waals surface area (Å²) in [7, 11) is 0. The Morgan fingerprint density at radius 1 is 1.09 bits per heavy atom. The molecule has 1 heterocycles. The van der Waals surface area contributed by atoms with Crippen LogP contribution in [0, 0.1) is 18.3 Å². The lowest BCUT2D eigenvalue weighted by molar-refractivity contribution is -0.137. The second-order valence-electron chi connectivity index (χ2n) is 9.60. The van der Waals surface area contributed by atoms with Crippen molar-refractivity contribution in [2.45, 2.75) is 54.0 Å². The number of carbonyl (C=O) groups excluding carboxylic acids is 3. The van der Waals surface area contributed by atoms with Gasteiger partial charge >= 0.3 is 0 Å². The van der Waals surface area contributed by atoms with Gasteiger partial charge in [0.2, 0.25) is 17.7 Å². The van der Waals surface area contributed by atoms with Gasteiger partial charge in [-0.2, -0.15) is 0 Å². The highest BCUT2D eigenvalue weighted by atomic mass is 16.3. The van der Waals surface area contributed by atoms with Gasteiger partial charge in [0.05, 0.1) is 19.4 Å². The van der Waals surface area contributed by atoms with E-state index in [1.54, 1.807) is 18.2 Å². The molecule has 0 aliphatic carbocycles. The Labute approximate surface area is 190 Å². The molecule has 0 aliphatic rings. The zero-order valence-corrected chi connectivity index (χ0v) is 19.7. The van der Waals surface area contributed by atoms with Crippen molar-refractivity contribution in [3.05, 3.63) is 54.0 Å². The van der Waals surface area contributed by atoms with Gasteiger partial charge in [-0.1, -0.05) is 39.8 Å². The summed E-state index contributed by atoms with van der Waals surface area (Å²) in [6.07, 6.45) is 2.79. The molecule has 1 aromatic heterocycles. The lowest BCUT2D eigenvalue weighted by atomic mass is 9.84. The highest BCUT2D eigenvalue weighted by Crippen LogP contribution is 2.26. The molecular weight excluding hydrogens is 406 g/mol. The molecule has 0 fully saturated rings. The van der Waals surface area contributed by atoms with Crippen LogP contribution in [0.25, 0.3) is 0 Å². The molecule has 0 radical (unpaired) electrons. The molecule has 0 saturated carbocycles. The highest BCUT2D eigenvalue weighted by molar-refractivity contribution is 5.95. The summed E-state index contributed by atoms with van der Waals surface area (Å²) in [6, 6.07) is 10.9. The third-order valence-corrected chi connectivity index (χ3v) is 4.85. The van der Waals surface area contributed by atoms with Crippen molar-refractivity contribution in [1.29, 1.82) is 0 Å². The standard InChI is InChI=1S/C25H35N3O4/c1-18-8-6-9-20(12-18)27-22(29)15-26-23(30)17-28(16-21-10-7-11-32-21)24(31)13-19(2)14-25(3,4)5/h6-12,19H,13-17H2,1-5H3,(H,26,30)(H,27,29). The molecule has 1 atom stereocenters. The third-order valence-electron chi connectivity index (χ3n) is 4.85. The van der Waals surface area contributed by atoms with Gasteiger partial charge < -0.3 is 20.0 Å². The number of nitrogens with zero attached hydrogens (tertiary/aromatic N) is 1. The molecule has 0 spiro atoms. The first-order chi connectivity index (χ1) is 15.0. The Morgan fingerprint density at radius 3 is 2.47 bits per heavy atom. The van der Waals surface area contributed by atoms with Crippen LogP contribution in [0.3, 0.4) is 0 Å². The van der Waals surface area contributed by atoms with E-state index in [-0.39, 0.29) is 42.8 Å². The molecule has 2 N–H and O–H groups in total. The maximum Gasteiger partial charge on any atom is 0.243 e. The number of carbonyl (C=O) groups is 3. The van der Waals surface area contributed by atoms with E-state index in [1.807, 2.05) is 32.0 Å². The van der Waals surface area contributed by atoms with E-state index in [1.165, 1.54) is 11.2 Å². The fourth-order valence-corrected chi connectivity index (χ4v) is 3.70. The van der Waals surface area contributed by atoms with Crippen LogP contribution in [-0.2, 0) is 20.9 Å². The Hall–Kier alpha value is -3.09. The number of anilines is 1. The zero-order valence-electron chi connectivity index (χ0n) is 19.7. The van der Waals surface area contributed by atoms with Crippen LogP contribution in [0.5, 0.6) is 0 Å². The van der Waals surface area contributed by atoms with Crippen molar-refractivity contribution in [3.63, 3.8) is 0 Å². The summed E-state index contributed by atoms with van der Waals surface area (Å²) >= 11 is 0. The SMILES string of the molecule is Cc1cccc(NC(=O)CNC(=O)CN(Cc2ccco2)C(=O)CC(C)CC(C)(C)C)c1. The molecule has 7 heteroatoms. The second-order valence-corrected chi connectivity index (χ2v) is 9.60. The van der Waals surface area contributed by atoms with Crippen molar-refractivity contribution in [2.75, 3.05) is 18.4 Å². The van der Waals surface area contributed by atoms with E-state index in [9.17, 15) is 14.4 Å². The van der Waals surface area contributed by atoms with E-state index < -0.39 is 5.91 Å². The molecule has 3 amide bonds. The minimum absolute atomic E-state index is 0.113. The van der Waals surface area contributed by atoms with Crippen LogP contribution >= 0.6 is 0 Å². The van der Waals surface area contributed by atoms with Gasteiger partial charge in [-0.3, -0.25) is 14.4 Å². The Bertz CT molecular complexity index is 900. The predicted octanol–water partition coefficient (Wildman–Crippen LogP) is 4.13. The first-order valence-electron chi connectivity index (χ1n) is 11.0. The molecule has 2 rings (SSSR count). The summed E-state index contributed by atoms with van der Waals surface area (Å²) < 4.78 is 5.37. The molecule has 174 valence electrons. The summed E-state index contributed by atoms with van der Waals surface area (Å²) in [6.45, 7) is 10.3. The normalized spacial score (nSPS) is 12.2. The number of amides is 3. The largest absolute Gasteiger partial charge is 0.467 e. The van der Waals surface area contributed by atoms with Gasteiger partial charge in [-0.25, -0.2) is 0 Å². The number of aryl methyl sites for hydroxylation is 1. The van der Waals surface area contributed by atoms with E-state index in [4.69, 9.17) is 4.42 Å². The topological polar surface area (TPSA) is 91.7 Å². The van der Waals surface area contributed by atoms with Gasteiger partial charge in [-0.05, 0) is 54.5 Å². The summed E-state index contributed by atoms with van der Waals surface area (Å²) in [5, 5.41) is 5.35. The molecule has 1 aromatic carbocycles. The molecule has 1 unspecified atom stereocenters. The number of hydrogen-bond acceptors (Lipinski definition) is 4. The Kier molecular flexibility index (Phi) is 9.05. The maximum absolute atomic E-state index is 12.9. The van der Waals surface area contributed by atoms with Crippen molar-refractivity contribution in [2.24, 2.45) is 11.3 Å². The molecule has 0 saturated heterocycles. The lowest BCUT2D eigenvalue weighted by Gasteiger charge is -2.26. The summed E-state index contributed by atoms with van der Waals surface area (Å²) in [4.78, 5) is 39.1. The predicted molar refractivity (Wildman–Crippen MR) is 125 cm³/mol. The smallest absolute Gasteiger partial charge is 0.243 e. The second kappa shape index (κ2) is 11.5. The van der Waals surface area contributed by atoms with Crippen LogP contribution in [0.1, 0.15) is 51.9 Å². The van der Waals surface area contributed by atoms with Crippen molar-refractivity contribution in [1.82, 2.24) is 10.2 Å². The van der Waals surface area contributed by atoms with Crippen LogP contribution in [0.15, 0.2) is 47.1 Å². The van der Waals surface area contributed by atoms with E-state index >= 15 is 0 Å². The highest BCUT2D eigenvalue weighted by Gasteiger charge is 2.23. The van der Waals surface area contributed by atoms with E-state index in [0.717, 1.165) is 12.0 Å². The summed E-state index contributed by atoms with van der Waals surface area (Å²) in [5.41, 5.74) is 1.82. The molecule has 2 aromatic rings. The number of rotatable bonds is 10. The van der Waals surface area contributed by atoms with Gasteiger partial charge in [-0.15, -0.1) is 0 Å². The lowest BCUT2D eigenvalue weighted by Crippen LogP contribution is -2.43. The quantitative estimate of drug-likeness (QED) is 0.580. The Balaban J connectivity index is 1.91. The van der Waals surface area contributed by atoms with Gasteiger partial charge in [0.1, 0.15) is 12.3 Å². The van der Waals surface area contributed by atoms with Crippen LogP contribution in [0.4, 0.5) is 5.69 Å². The molecule has 0 aliphatic heterocycles. The Morgan fingerprint density at radius 2 is 1.84 bits per heavy atom. The maximum atomic E-state index is 12.9. The molecule has 7 nitrogen and oxygen atoms in total. The average molecular weight is 442 g/mol. The van der Waals surface area contributed by atoms with Crippen LogP contribution < -0.4 is 10.6 Å². The zero-order chi connectivity index (χ0) is 23.7. The number of hydrogen-bond donors (Lipinski definition) is 2. The van der Waals surface area contributed by atoms with Gasteiger partial charge in [0, 0.05) is 12.1 Å². The first-order valence-corrected chi connectivity index (χ1v) is 11.0. The molecule has 0 bridgehead atoms. The van der Waals surface area contributed by atoms with Gasteiger partial charge in [0.15, 0.2) is 0 Å².